The second-order valence-electron chi connectivity index (χ2n) is 25.5. The molecule has 7 heteroatoms. The van der Waals surface area contributed by atoms with Crippen molar-refractivity contribution in [1.29, 1.82) is 0 Å². The Morgan fingerprint density at radius 3 is 1.73 bits per heavy atom. The van der Waals surface area contributed by atoms with Crippen LogP contribution in [-0.2, 0) is 24.5 Å². The lowest BCUT2D eigenvalue weighted by molar-refractivity contribution is -0.244. The first-order valence-electron chi connectivity index (χ1n) is 24.9. The van der Waals surface area contributed by atoms with Crippen molar-refractivity contribution in [3.63, 3.8) is 0 Å². The third-order valence-electron chi connectivity index (χ3n) is 22.7. The van der Waals surface area contributed by atoms with Gasteiger partial charge in [0.25, 0.3) is 0 Å². The van der Waals surface area contributed by atoms with Crippen molar-refractivity contribution in [2.24, 2.45) is 61.6 Å². The molecule has 64 heavy (non-hydrogen) atoms. The van der Waals surface area contributed by atoms with Gasteiger partial charge in [-0.3, -0.25) is 19.2 Å². The summed E-state index contributed by atoms with van der Waals surface area (Å²) in [6.07, 6.45) is 19.2. The summed E-state index contributed by atoms with van der Waals surface area (Å²) in [5.74, 6) is 0.614. The summed E-state index contributed by atoms with van der Waals surface area (Å²) in [4.78, 5) is 56.2. The predicted molar refractivity (Wildman–Crippen MR) is 247 cm³/mol. The molecule has 0 unspecified atom stereocenters. The van der Waals surface area contributed by atoms with E-state index in [1.807, 2.05) is 19.9 Å². The first kappa shape index (κ1) is 43.0. The first-order chi connectivity index (χ1) is 29.8. The molecule has 0 bridgehead atoms. The molecule has 342 valence electrons. The van der Waals surface area contributed by atoms with Gasteiger partial charge < -0.3 is 14.2 Å². The van der Waals surface area contributed by atoms with Crippen LogP contribution in [0.4, 0.5) is 0 Å². The molecular weight excluding hydrogens is 797 g/mol. The Morgan fingerprint density at radius 1 is 0.625 bits per heavy atom. The Morgan fingerprint density at radius 2 is 1.17 bits per heavy atom. The van der Waals surface area contributed by atoms with E-state index in [0.717, 1.165) is 80.9 Å². The highest BCUT2D eigenvalue weighted by Crippen LogP contribution is 2.77. The third-order valence-corrected chi connectivity index (χ3v) is 22.7. The van der Waals surface area contributed by atoms with Gasteiger partial charge in [-0.1, -0.05) is 87.0 Å². The molecule has 14 atom stereocenters. The van der Waals surface area contributed by atoms with Gasteiger partial charge in [-0.25, -0.2) is 0 Å². The van der Waals surface area contributed by atoms with E-state index in [0.29, 0.717) is 58.9 Å². The molecule has 0 spiro atoms. The maximum Gasteiger partial charge on any atom is 0.319 e. The highest BCUT2D eigenvalue weighted by atomic mass is 16.7. The van der Waals surface area contributed by atoms with Crippen LogP contribution >= 0.6 is 0 Å². The summed E-state index contributed by atoms with van der Waals surface area (Å²) in [6.45, 7) is 27.5. The lowest BCUT2D eigenvalue weighted by Gasteiger charge is -2.69. The maximum atomic E-state index is 15.1. The number of rotatable bonds is 1. The van der Waals surface area contributed by atoms with Gasteiger partial charge in [0.2, 0.25) is 11.4 Å². The van der Waals surface area contributed by atoms with E-state index < -0.39 is 22.2 Å². The molecule has 9 aliphatic carbocycles. The zero-order valence-electron chi connectivity index (χ0n) is 41.0. The standard InChI is InChI=1S/C57H72O7/c1-31-24-42-48(4,29-38(31)59)16-20-52(8)41-15-14-34-35(50(41,6)18-22-53(42,52)9)27-45(61)57(62-13)56(34,12)63-40-26-36-46(33(3)47(40)64-57)37(58)28-44-51(36,7)19-23-54(10)43-25-32(2)39(60)30-49(43,5)17-21-55(44,54)11/h14-15,26-28,31-32,42-43H,16-25,29-30H2,1-13H3/t31-,32-,42-,43-,48+,49+,50+,51+,52-,53+,54+,55-,56+,57-/m1/s1. The van der Waals surface area contributed by atoms with E-state index >= 15 is 4.79 Å². The van der Waals surface area contributed by atoms with E-state index in [1.54, 1.807) is 6.08 Å². The number of benzene rings is 1. The van der Waals surface area contributed by atoms with Gasteiger partial charge in [0, 0.05) is 59.3 Å². The van der Waals surface area contributed by atoms with Crippen LogP contribution in [0.5, 0.6) is 11.5 Å². The van der Waals surface area contributed by atoms with Gasteiger partial charge in [-0.2, -0.15) is 0 Å². The summed E-state index contributed by atoms with van der Waals surface area (Å²) < 4.78 is 20.7. The molecule has 0 radical (unpaired) electrons. The Bertz CT molecular complexity index is 2560. The third kappa shape index (κ3) is 4.65. The summed E-state index contributed by atoms with van der Waals surface area (Å²) >= 11 is 0. The molecule has 6 saturated carbocycles. The molecule has 1 heterocycles. The molecule has 0 amide bonds. The fourth-order valence-electron chi connectivity index (χ4n) is 18.2. The second-order valence-corrected chi connectivity index (χ2v) is 25.5. The molecule has 10 aliphatic rings. The molecule has 1 aliphatic heterocycles. The minimum Gasteiger partial charge on any atom is -0.471 e. The maximum absolute atomic E-state index is 15.1. The number of ether oxygens (including phenoxy) is 3. The predicted octanol–water partition coefficient (Wildman–Crippen LogP) is 12.1. The normalized spacial score (nSPS) is 49.7. The number of carbonyl (C=O) groups is 4. The highest BCUT2D eigenvalue weighted by Gasteiger charge is 2.72. The second kappa shape index (κ2) is 12.5. The molecule has 6 fully saturated rings. The number of carbonyl (C=O) groups excluding carboxylic acids is 4. The van der Waals surface area contributed by atoms with Crippen molar-refractivity contribution in [3.05, 3.63) is 69.4 Å². The van der Waals surface area contributed by atoms with Gasteiger partial charge in [-0.05, 0) is 157 Å². The minimum atomic E-state index is -1.81. The van der Waals surface area contributed by atoms with Crippen LogP contribution in [0.2, 0.25) is 0 Å². The van der Waals surface area contributed by atoms with Crippen molar-refractivity contribution >= 4 is 23.1 Å². The number of allylic oxidation sites excluding steroid dienone is 5. The van der Waals surface area contributed by atoms with Crippen LogP contribution in [-0.4, -0.2) is 41.6 Å². The SMILES string of the molecule is CO[C@]12Oc3c(cc4c(c3C)C(=O)C=C3[C@@]4(C)CC[C@@]4(C)[C@@H]5C[C@@H](C)C(=O)C[C@]5(C)CC[C@]34C)O[C@@]1(C)C1=CC=C3[C@@](C)(CC[C@@]4(C)[C@@H]5C[C@@H](C)C(=O)C[C@]5(C)CC[C@]34C)C1=CC2=O. The van der Waals surface area contributed by atoms with Crippen LogP contribution in [0.3, 0.4) is 0 Å². The number of fused-ring (bicyclic) bond motifs is 17. The Hall–Kier alpha value is -3.58. The fourth-order valence-corrected chi connectivity index (χ4v) is 18.2. The summed E-state index contributed by atoms with van der Waals surface area (Å²) in [5.41, 5.74) is 4.20. The number of hydrogen-bond acceptors (Lipinski definition) is 7. The van der Waals surface area contributed by atoms with Crippen molar-refractivity contribution in [2.75, 3.05) is 7.11 Å². The minimum absolute atomic E-state index is 0.00468. The van der Waals surface area contributed by atoms with E-state index in [2.05, 4.69) is 87.5 Å². The molecule has 0 saturated heterocycles. The van der Waals surface area contributed by atoms with E-state index in [9.17, 15) is 14.4 Å². The lowest BCUT2D eigenvalue weighted by atomic mass is 9.35. The largest absolute Gasteiger partial charge is 0.471 e. The zero-order chi connectivity index (χ0) is 46.0. The molecule has 0 aromatic heterocycles. The van der Waals surface area contributed by atoms with Gasteiger partial charge in [0.15, 0.2) is 17.3 Å². The summed E-state index contributed by atoms with van der Waals surface area (Å²) in [6, 6.07) is 2.09. The van der Waals surface area contributed by atoms with Crippen molar-refractivity contribution in [3.8, 4) is 11.5 Å². The van der Waals surface area contributed by atoms with Gasteiger partial charge in [0.1, 0.15) is 11.6 Å². The Balaban J connectivity index is 1.01. The molecule has 7 nitrogen and oxygen atoms in total. The van der Waals surface area contributed by atoms with Crippen LogP contribution in [0.1, 0.15) is 175 Å². The number of hydrogen-bond donors (Lipinski definition) is 0. The molecule has 0 N–H and O–H groups in total. The van der Waals surface area contributed by atoms with E-state index in [1.165, 1.54) is 18.3 Å². The van der Waals surface area contributed by atoms with Crippen molar-refractivity contribution < 1.29 is 33.4 Å². The smallest absolute Gasteiger partial charge is 0.319 e. The number of ketones is 4. The quantitative estimate of drug-likeness (QED) is 0.277. The van der Waals surface area contributed by atoms with Gasteiger partial charge in [0.05, 0.1) is 0 Å². The highest BCUT2D eigenvalue weighted by molar-refractivity contribution is 6.10. The lowest BCUT2D eigenvalue weighted by Crippen LogP contribution is -2.70. The number of Topliss-reactive ketones (excluding diaryl/α,β-unsaturated/α-hetero) is 2. The monoisotopic (exact) mass is 869 g/mol. The zero-order valence-corrected chi connectivity index (χ0v) is 41.0. The first-order valence-corrected chi connectivity index (χ1v) is 24.9. The average Bonchev–Trinajstić information content (AvgIpc) is 3.23. The Kier molecular flexibility index (Phi) is 8.40. The van der Waals surface area contributed by atoms with Crippen LogP contribution in [0, 0.1) is 68.5 Å². The molecule has 1 aromatic rings. The van der Waals surface area contributed by atoms with E-state index in [-0.39, 0.29) is 55.9 Å². The summed E-state index contributed by atoms with van der Waals surface area (Å²) in [5, 5.41) is 0. The molecule has 11 rings (SSSR count). The van der Waals surface area contributed by atoms with Gasteiger partial charge >= 0.3 is 5.79 Å². The van der Waals surface area contributed by atoms with Crippen molar-refractivity contribution in [1.82, 2.24) is 0 Å². The summed E-state index contributed by atoms with van der Waals surface area (Å²) in [7, 11) is 1.53. The molecular formula is C57H72O7. The topological polar surface area (TPSA) is 96.0 Å². The van der Waals surface area contributed by atoms with E-state index in [4.69, 9.17) is 14.2 Å². The van der Waals surface area contributed by atoms with Crippen LogP contribution in [0.15, 0.2) is 52.7 Å². The van der Waals surface area contributed by atoms with Crippen molar-refractivity contribution in [2.45, 2.75) is 177 Å². The molecule has 1 aromatic carbocycles. The van der Waals surface area contributed by atoms with Crippen LogP contribution in [0.25, 0.3) is 0 Å². The Labute approximate surface area is 381 Å². The average molecular weight is 869 g/mol. The fraction of sp³-hybridized carbons (Fsp3) is 0.684. The van der Waals surface area contributed by atoms with Crippen LogP contribution < -0.4 is 9.47 Å². The number of methoxy groups -OCH3 is 1. The van der Waals surface area contributed by atoms with Gasteiger partial charge in [-0.15, -0.1) is 0 Å².